The molecule has 4 nitrogen and oxygen atoms in total. The van der Waals surface area contributed by atoms with E-state index in [9.17, 15) is 4.79 Å². The van der Waals surface area contributed by atoms with Gasteiger partial charge < -0.3 is 15.2 Å². The summed E-state index contributed by atoms with van der Waals surface area (Å²) in [5, 5.41) is 16.4. The molecule has 1 aromatic heterocycles. The number of hydrogen-bond donors (Lipinski definition) is 2. The molecule has 1 unspecified atom stereocenters. The fraction of sp³-hybridized carbons (Fsp3) is 0.214. The molecule has 0 aliphatic carbocycles. The smallest absolute Gasteiger partial charge is 0.335 e. The van der Waals surface area contributed by atoms with Crippen molar-refractivity contribution in [1.82, 2.24) is 0 Å². The van der Waals surface area contributed by atoms with E-state index in [4.69, 9.17) is 9.84 Å². The highest BCUT2D eigenvalue weighted by Gasteiger charge is 2.12. The van der Waals surface area contributed by atoms with E-state index in [1.54, 1.807) is 30.6 Å². The molecular formula is C14H15NO3S. The lowest BCUT2D eigenvalue weighted by Gasteiger charge is -2.17. The van der Waals surface area contributed by atoms with Gasteiger partial charge in [-0.1, -0.05) is 0 Å². The van der Waals surface area contributed by atoms with Crippen LogP contribution >= 0.6 is 11.3 Å². The van der Waals surface area contributed by atoms with Crippen molar-refractivity contribution in [2.45, 2.75) is 13.0 Å². The van der Waals surface area contributed by atoms with Crippen LogP contribution in [0.1, 0.15) is 28.9 Å². The predicted molar refractivity (Wildman–Crippen MR) is 76.3 cm³/mol. The fourth-order valence-corrected chi connectivity index (χ4v) is 2.55. The number of methoxy groups -OCH3 is 1. The van der Waals surface area contributed by atoms with Crippen molar-refractivity contribution in [3.63, 3.8) is 0 Å². The maximum Gasteiger partial charge on any atom is 0.335 e. The van der Waals surface area contributed by atoms with Crippen LogP contribution in [-0.2, 0) is 0 Å². The predicted octanol–water partition coefficient (Wildman–Crippen LogP) is 3.63. The molecule has 0 fully saturated rings. The molecule has 1 atom stereocenters. The van der Waals surface area contributed by atoms with Crippen molar-refractivity contribution in [3.05, 3.63) is 46.2 Å². The third-order valence-corrected chi connectivity index (χ3v) is 3.56. The van der Waals surface area contributed by atoms with Crippen LogP contribution in [0.5, 0.6) is 5.75 Å². The topological polar surface area (TPSA) is 58.6 Å². The van der Waals surface area contributed by atoms with Gasteiger partial charge in [0.15, 0.2) is 0 Å². The number of aromatic carboxylic acids is 1. The standard InChI is InChI=1S/C14H15NO3S/c1-9(11-5-6-19-8-11)15-12-7-10(14(16)17)3-4-13(12)18-2/h3-9,15H,1-2H3,(H,16,17). The van der Waals surface area contributed by atoms with E-state index < -0.39 is 5.97 Å². The first-order valence-electron chi connectivity index (χ1n) is 5.81. The third-order valence-electron chi connectivity index (χ3n) is 2.86. The summed E-state index contributed by atoms with van der Waals surface area (Å²) in [5.41, 5.74) is 2.08. The molecule has 0 saturated heterocycles. The summed E-state index contributed by atoms with van der Waals surface area (Å²) in [5.74, 6) is -0.319. The first-order valence-corrected chi connectivity index (χ1v) is 6.76. The van der Waals surface area contributed by atoms with Gasteiger partial charge in [-0.3, -0.25) is 0 Å². The van der Waals surface area contributed by atoms with Gasteiger partial charge in [0.05, 0.1) is 18.4 Å². The zero-order chi connectivity index (χ0) is 13.8. The van der Waals surface area contributed by atoms with Gasteiger partial charge in [0.1, 0.15) is 5.75 Å². The number of anilines is 1. The Bertz CT molecular complexity index is 566. The molecule has 2 N–H and O–H groups in total. The molecule has 0 radical (unpaired) electrons. The highest BCUT2D eigenvalue weighted by Crippen LogP contribution is 2.29. The molecule has 2 aromatic rings. The van der Waals surface area contributed by atoms with Gasteiger partial charge in [-0.2, -0.15) is 11.3 Å². The molecule has 5 heteroatoms. The average molecular weight is 277 g/mol. The number of hydrogen-bond acceptors (Lipinski definition) is 4. The Balaban J connectivity index is 2.27. The quantitative estimate of drug-likeness (QED) is 0.876. The summed E-state index contributed by atoms with van der Waals surface area (Å²) in [4.78, 5) is 11.0. The molecular weight excluding hydrogens is 262 g/mol. The van der Waals surface area contributed by atoms with Gasteiger partial charge in [-0.05, 0) is 47.5 Å². The van der Waals surface area contributed by atoms with Crippen LogP contribution in [0.2, 0.25) is 0 Å². The van der Waals surface area contributed by atoms with Crippen LogP contribution in [0, 0.1) is 0 Å². The molecule has 0 bridgehead atoms. The van der Waals surface area contributed by atoms with E-state index in [2.05, 4.69) is 10.7 Å². The fourth-order valence-electron chi connectivity index (χ4n) is 1.79. The highest BCUT2D eigenvalue weighted by molar-refractivity contribution is 7.07. The Morgan fingerprint density at radius 3 is 2.79 bits per heavy atom. The summed E-state index contributed by atoms with van der Waals surface area (Å²) in [6.07, 6.45) is 0. The van der Waals surface area contributed by atoms with Crippen LogP contribution < -0.4 is 10.1 Å². The SMILES string of the molecule is COc1ccc(C(=O)O)cc1NC(C)c1ccsc1. The maximum atomic E-state index is 11.0. The Morgan fingerprint density at radius 2 is 2.21 bits per heavy atom. The van der Waals surface area contributed by atoms with E-state index >= 15 is 0 Å². The lowest BCUT2D eigenvalue weighted by molar-refractivity contribution is 0.0697. The number of thiophene rings is 1. The summed E-state index contributed by atoms with van der Waals surface area (Å²) < 4.78 is 5.25. The van der Waals surface area contributed by atoms with Crippen LogP contribution in [0.25, 0.3) is 0 Å². The number of nitrogens with one attached hydrogen (secondary N) is 1. The second-order valence-electron chi connectivity index (χ2n) is 4.14. The Morgan fingerprint density at radius 1 is 1.42 bits per heavy atom. The highest BCUT2D eigenvalue weighted by atomic mass is 32.1. The summed E-state index contributed by atoms with van der Waals surface area (Å²) in [7, 11) is 1.57. The van der Waals surface area contributed by atoms with Crippen molar-refractivity contribution in [3.8, 4) is 5.75 Å². The van der Waals surface area contributed by atoms with Gasteiger partial charge in [-0.25, -0.2) is 4.79 Å². The summed E-state index contributed by atoms with van der Waals surface area (Å²) in [6, 6.07) is 6.90. The van der Waals surface area contributed by atoms with Gasteiger partial charge in [0.2, 0.25) is 0 Å². The second kappa shape index (κ2) is 5.75. The Hall–Kier alpha value is -2.01. The zero-order valence-corrected chi connectivity index (χ0v) is 11.5. The first kappa shape index (κ1) is 13.4. The molecule has 1 aromatic carbocycles. The van der Waals surface area contributed by atoms with Gasteiger partial charge in [0, 0.05) is 6.04 Å². The zero-order valence-electron chi connectivity index (χ0n) is 10.7. The van der Waals surface area contributed by atoms with E-state index in [1.165, 1.54) is 6.07 Å². The minimum absolute atomic E-state index is 0.0872. The largest absolute Gasteiger partial charge is 0.495 e. The van der Waals surface area contributed by atoms with E-state index in [-0.39, 0.29) is 11.6 Å². The number of carbonyl (C=O) groups is 1. The van der Waals surface area contributed by atoms with Crippen LogP contribution in [-0.4, -0.2) is 18.2 Å². The molecule has 1 heterocycles. The third kappa shape index (κ3) is 3.06. The monoisotopic (exact) mass is 277 g/mol. The average Bonchev–Trinajstić information content (AvgIpc) is 2.92. The Labute approximate surface area is 115 Å². The van der Waals surface area contributed by atoms with Gasteiger partial charge in [-0.15, -0.1) is 0 Å². The number of rotatable bonds is 5. The first-order chi connectivity index (χ1) is 9.11. The lowest BCUT2D eigenvalue weighted by atomic mass is 10.1. The van der Waals surface area contributed by atoms with Crippen LogP contribution in [0.4, 0.5) is 5.69 Å². The van der Waals surface area contributed by atoms with Crippen molar-refractivity contribution in [1.29, 1.82) is 0 Å². The molecule has 0 spiro atoms. The molecule has 2 rings (SSSR count). The number of carboxylic acids is 1. The minimum atomic E-state index is -0.950. The minimum Gasteiger partial charge on any atom is -0.495 e. The Kier molecular flexibility index (Phi) is 4.06. The summed E-state index contributed by atoms with van der Waals surface area (Å²) >= 11 is 1.63. The number of ether oxygens (including phenoxy) is 1. The van der Waals surface area contributed by atoms with Crippen molar-refractivity contribution in [2.75, 3.05) is 12.4 Å². The van der Waals surface area contributed by atoms with E-state index in [0.29, 0.717) is 11.4 Å². The maximum absolute atomic E-state index is 11.0. The molecule has 0 aliphatic rings. The van der Waals surface area contributed by atoms with E-state index in [0.717, 1.165) is 5.56 Å². The lowest BCUT2D eigenvalue weighted by Crippen LogP contribution is -2.08. The van der Waals surface area contributed by atoms with Gasteiger partial charge in [0.25, 0.3) is 0 Å². The number of carboxylic acid groups (broad SMARTS) is 1. The molecule has 0 saturated carbocycles. The van der Waals surface area contributed by atoms with Crippen LogP contribution in [0.15, 0.2) is 35.0 Å². The normalized spacial score (nSPS) is 11.9. The molecule has 19 heavy (non-hydrogen) atoms. The number of benzene rings is 1. The van der Waals surface area contributed by atoms with Crippen molar-refractivity contribution in [2.24, 2.45) is 0 Å². The van der Waals surface area contributed by atoms with Crippen molar-refractivity contribution >= 4 is 23.0 Å². The van der Waals surface area contributed by atoms with Crippen molar-refractivity contribution < 1.29 is 14.6 Å². The second-order valence-corrected chi connectivity index (χ2v) is 4.92. The molecule has 0 aliphatic heterocycles. The molecule has 100 valence electrons. The molecule has 0 amide bonds. The van der Waals surface area contributed by atoms with Gasteiger partial charge >= 0.3 is 5.97 Å². The van der Waals surface area contributed by atoms with E-state index in [1.807, 2.05) is 18.4 Å². The van der Waals surface area contributed by atoms with Crippen LogP contribution in [0.3, 0.4) is 0 Å². The summed E-state index contributed by atoms with van der Waals surface area (Å²) in [6.45, 7) is 2.02.